The Kier molecular flexibility index (Phi) is 7.78. The van der Waals surface area contributed by atoms with Crippen LogP contribution in [-0.2, 0) is 28.7 Å². The van der Waals surface area contributed by atoms with Crippen LogP contribution in [0.3, 0.4) is 0 Å². The van der Waals surface area contributed by atoms with E-state index in [2.05, 4.69) is 28.3 Å². The van der Waals surface area contributed by atoms with Crippen LogP contribution in [0.25, 0.3) is 0 Å². The summed E-state index contributed by atoms with van der Waals surface area (Å²) >= 11 is 4.40. The van der Waals surface area contributed by atoms with Crippen molar-refractivity contribution in [3.8, 4) is 0 Å². The highest BCUT2D eigenvalue weighted by Crippen LogP contribution is 2.03. The van der Waals surface area contributed by atoms with E-state index in [1.54, 1.807) is 0 Å². The first kappa shape index (κ1) is 13.2. The van der Waals surface area contributed by atoms with Crippen LogP contribution in [0, 0.1) is 0 Å². The molecule has 0 heterocycles. The van der Waals surface area contributed by atoms with E-state index >= 15 is 0 Å². The van der Waals surface area contributed by atoms with Crippen LogP contribution in [0.15, 0.2) is 0 Å². The third kappa shape index (κ3) is 8.58. The fourth-order valence-corrected chi connectivity index (χ4v) is 1.48. The molecule has 0 radical (unpaired) electrons. The SMILES string of the molecule is CCCCCCCOS(=O)(=S)ON. The van der Waals surface area contributed by atoms with Crippen LogP contribution < -0.4 is 5.90 Å². The summed E-state index contributed by atoms with van der Waals surface area (Å²) in [7, 11) is -3.10. The van der Waals surface area contributed by atoms with Crippen LogP contribution in [0.4, 0.5) is 0 Å². The summed E-state index contributed by atoms with van der Waals surface area (Å²) in [4.78, 5) is 0. The maximum absolute atomic E-state index is 10.9. The Morgan fingerprint density at radius 2 is 1.92 bits per heavy atom. The van der Waals surface area contributed by atoms with Crippen LogP contribution in [0.1, 0.15) is 39.0 Å². The molecule has 0 saturated carbocycles. The Labute approximate surface area is 84.8 Å². The molecule has 0 aromatic carbocycles. The highest BCUT2D eigenvalue weighted by atomic mass is 32.9. The summed E-state index contributed by atoms with van der Waals surface area (Å²) < 4.78 is 19.6. The van der Waals surface area contributed by atoms with E-state index in [-0.39, 0.29) is 0 Å². The van der Waals surface area contributed by atoms with E-state index in [4.69, 9.17) is 4.18 Å². The zero-order valence-corrected chi connectivity index (χ0v) is 9.49. The molecule has 13 heavy (non-hydrogen) atoms. The maximum Gasteiger partial charge on any atom is 0.285 e. The molecule has 2 N–H and O–H groups in total. The van der Waals surface area contributed by atoms with Gasteiger partial charge in [0.2, 0.25) is 0 Å². The van der Waals surface area contributed by atoms with Crippen molar-refractivity contribution in [2.24, 2.45) is 5.90 Å². The molecule has 0 fully saturated rings. The fraction of sp³-hybridized carbons (Fsp3) is 1.00. The van der Waals surface area contributed by atoms with Gasteiger partial charge in [-0.25, -0.2) is 0 Å². The van der Waals surface area contributed by atoms with E-state index in [0.717, 1.165) is 12.8 Å². The Balaban J connectivity index is 3.26. The molecule has 0 aliphatic heterocycles. The third-order valence-corrected chi connectivity index (χ3v) is 2.81. The molecular formula is C7H17NO3S2. The Morgan fingerprint density at radius 3 is 2.46 bits per heavy atom. The monoisotopic (exact) mass is 227 g/mol. The summed E-state index contributed by atoms with van der Waals surface area (Å²) in [5.74, 6) is 4.66. The highest BCUT2D eigenvalue weighted by molar-refractivity contribution is 8.27. The van der Waals surface area contributed by atoms with Gasteiger partial charge in [0.15, 0.2) is 0 Å². The predicted octanol–water partition coefficient (Wildman–Crippen LogP) is 1.44. The van der Waals surface area contributed by atoms with E-state index < -0.39 is 9.05 Å². The largest absolute Gasteiger partial charge is 0.285 e. The lowest BCUT2D eigenvalue weighted by atomic mass is 10.2. The molecule has 0 rings (SSSR count). The lowest BCUT2D eigenvalue weighted by Crippen LogP contribution is -2.13. The van der Waals surface area contributed by atoms with Gasteiger partial charge in [-0.15, -0.1) is 0 Å². The van der Waals surface area contributed by atoms with Gasteiger partial charge in [0.05, 0.1) is 6.61 Å². The van der Waals surface area contributed by atoms with E-state index in [0.29, 0.717) is 6.61 Å². The summed E-state index contributed by atoms with van der Waals surface area (Å²) in [5, 5.41) is 0. The molecule has 1 unspecified atom stereocenters. The second kappa shape index (κ2) is 7.64. The van der Waals surface area contributed by atoms with Gasteiger partial charge in [0, 0.05) is 11.2 Å². The molecule has 0 aliphatic rings. The van der Waals surface area contributed by atoms with Crippen molar-refractivity contribution in [3.05, 3.63) is 0 Å². The number of unbranched alkanes of at least 4 members (excludes halogenated alkanes) is 4. The normalized spacial score (nSPS) is 15.5. The molecule has 6 heteroatoms. The summed E-state index contributed by atoms with van der Waals surface area (Å²) in [5.41, 5.74) is 0. The molecule has 1 atom stereocenters. The van der Waals surface area contributed by atoms with Crippen LogP contribution in [-0.4, -0.2) is 10.8 Å². The van der Waals surface area contributed by atoms with Crippen LogP contribution >= 0.6 is 0 Å². The van der Waals surface area contributed by atoms with Gasteiger partial charge < -0.3 is 0 Å². The van der Waals surface area contributed by atoms with Gasteiger partial charge in [-0.3, -0.25) is 4.18 Å². The van der Waals surface area contributed by atoms with Crippen LogP contribution in [0.5, 0.6) is 0 Å². The van der Waals surface area contributed by atoms with E-state index in [9.17, 15) is 4.21 Å². The molecule has 0 aliphatic carbocycles. The van der Waals surface area contributed by atoms with E-state index in [1.165, 1.54) is 19.3 Å². The molecule has 80 valence electrons. The Hall–Kier alpha value is 0.250. The Morgan fingerprint density at radius 1 is 1.31 bits per heavy atom. The van der Waals surface area contributed by atoms with Crippen molar-refractivity contribution in [3.63, 3.8) is 0 Å². The van der Waals surface area contributed by atoms with Crippen molar-refractivity contribution in [1.29, 1.82) is 0 Å². The molecule has 0 aromatic heterocycles. The number of hydrogen-bond acceptors (Lipinski definition) is 5. The smallest absolute Gasteiger partial charge is 0.268 e. The second-order valence-electron chi connectivity index (χ2n) is 2.74. The zero-order valence-electron chi connectivity index (χ0n) is 7.86. The third-order valence-electron chi connectivity index (χ3n) is 1.59. The molecule has 4 nitrogen and oxygen atoms in total. The fourth-order valence-electron chi connectivity index (χ4n) is 0.894. The van der Waals surface area contributed by atoms with Crippen molar-refractivity contribution < 1.29 is 12.7 Å². The van der Waals surface area contributed by atoms with Crippen LogP contribution in [0.2, 0.25) is 0 Å². The van der Waals surface area contributed by atoms with Gasteiger partial charge >= 0.3 is 0 Å². The van der Waals surface area contributed by atoms with Gasteiger partial charge in [0.1, 0.15) is 0 Å². The molecule has 0 spiro atoms. The first-order valence-corrected chi connectivity index (χ1v) is 6.73. The van der Waals surface area contributed by atoms with Gasteiger partial charge in [-0.2, -0.15) is 14.4 Å². The molecule has 0 saturated heterocycles. The first-order chi connectivity index (χ1) is 6.12. The van der Waals surface area contributed by atoms with Gasteiger partial charge in [-0.1, -0.05) is 32.6 Å². The molecular weight excluding hydrogens is 210 g/mol. The molecule has 0 amide bonds. The lowest BCUT2D eigenvalue weighted by Gasteiger charge is -2.04. The van der Waals surface area contributed by atoms with Crippen molar-refractivity contribution in [2.45, 2.75) is 39.0 Å². The summed E-state index contributed by atoms with van der Waals surface area (Å²) in [6.07, 6.45) is 5.49. The minimum atomic E-state index is -3.10. The quantitative estimate of drug-likeness (QED) is 0.502. The topological polar surface area (TPSA) is 61.5 Å². The molecule has 0 bridgehead atoms. The minimum absolute atomic E-state index is 0.350. The predicted molar refractivity (Wildman–Crippen MR) is 55.5 cm³/mol. The standard InChI is InChI=1S/C7H17NO3S2/c1-2-3-4-5-6-7-10-13(9,12)11-8/h2-8H2,1H3. The minimum Gasteiger partial charge on any atom is -0.268 e. The summed E-state index contributed by atoms with van der Waals surface area (Å²) in [6.45, 7) is 2.50. The van der Waals surface area contributed by atoms with Gasteiger partial charge in [-0.05, 0) is 6.42 Å². The van der Waals surface area contributed by atoms with Crippen molar-refractivity contribution >= 4 is 20.2 Å². The zero-order chi connectivity index (χ0) is 10.2. The van der Waals surface area contributed by atoms with Crippen molar-refractivity contribution in [1.82, 2.24) is 0 Å². The summed E-state index contributed by atoms with van der Waals surface area (Å²) in [6, 6.07) is 0. The lowest BCUT2D eigenvalue weighted by molar-refractivity contribution is 0.247. The average Bonchev–Trinajstić information content (AvgIpc) is 2.11. The van der Waals surface area contributed by atoms with Gasteiger partial charge in [0.25, 0.3) is 9.05 Å². The maximum atomic E-state index is 10.9. The average molecular weight is 227 g/mol. The van der Waals surface area contributed by atoms with Crippen molar-refractivity contribution in [2.75, 3.05) is 6.61 Å². The van der Waals surface area contributed by atoms with E-state index in [1.807, 2.05) is 0 Å². The highest BCUT2D eigenvalue weighted by Gasteiger charge is 2.03. The Bertz CT molecular complexity index is 204. The number of nitrogens with two attached hydrogens (primary N) is 1. The first-order valence-electron chi connectivity index (χ1n) is 4.40. The number of hydrogen-bond donors (Lipinski definition) is 1. The molecule has 0 aromatic rings. The number of rotatable bonds is 8. The second-order valence-corrected chi connectivity index (χ2v) is 5.21.